The molecule has 6 heteroatoms. The Morgan fingerprint density at radius 1 is 0.912 bits per heavy atom. The zero-order valence-electron chi connectivity index (χ0n) is 18.3. The fourth-order valence-electron chi connectivity index (χ4n) is 4.84. The molecule has 2 aliphatic rings. The van der Waals surface area contributed by atoms with E-state index in [0.29, 0.717) is 57.3 Å². The molecule has 0 fully saturated rings. The summed E-state index contributed by atoms with van der Waals surface area (Å²) in [6.45, 7) is 0. The van der Waals surface area contributed by atoms with Crippen molar-refractivity contribution in [3.05, 3.63) is 117 Å². The fourth-order valence-corrected chi connectivity index (χ4v) is 5.21. The van der Waals surface area contributed by atoms with Crippen molar-refractivity contribution in [1.82, 2.24) is 0 Å². The molecule has 3 aromatic rings. The normalized spacial score (nSPS) is 19.8. The quantitative estimate of drug-likeness (QED) is 0.374. The third kappa shape index (κ3) is 3.83. The zero-order valence-corrected chi connectivity index (χ0v) is 19.8. The number of rotatable bonds is 3. The number of hydrogen-bond acceptors (Lipinski definition) is 3. The molecule has 0 radical (unpaired) electrons. The van der Waals surface area contributed by atoms with Crippen LogP contribution in [0.25, 0.3) is 5.76 Å². The molecule has 34 heavy (non-hydrogen) atoms. The number of ketones is 1. The number of hydrogen-bond donors (Lipinski definition) is 2. The van der Waals surface area contributed by atoms with Gasteiger partial charge in [0.1, 0.15) is 11.6 Å². The lowest BCUT2D eigenvalue weighted by Gasteiger charge is -2.42. The molecule has 0 saturated heterocycles. The van der Waals surface area contributed by atoms with Crippen LogP contribution in [-0.2, 0) is 4.79 Å². The summed E-state index contributed by atoms with van der Waals surface area (Å²) in [6, 6.07) is 23.6. The summed E-state index contributed by atoms with van der Waals surface area (Å²) in [5, 5.41) is 21.9. The Labute approximate surface area is 208 Å². The molecule has 1 heterocycles. The second kappa shape index (κ2) is 9.13. The van der Waals surface area contributed by atoms with E-state index in [4.69, 9.17) is 23.2 Å². The molecule has 2 N–H and O–H groups in total. The maximum atomic E-state index is 13.4. The van der Waals surface area contributed by atoms with Gasteiger partial charge in [-0.15, -0.1) is 0 Å². The summed E-state index contributed by atoms with van der Waals surface area (Å²) in [7, 11) is 0. The summed E-state index contributed by atoms with van der Waals surface area (Å²) in [5.74, 6) is -0.565. The van der Waals surface area contributed by atoms with Gasteiger partial charge in [-0.05, 0) is 48.7 Å². The predicted octanol–water partition coefficient (Wildman–Crippen LogP) is 7.55. The van der Waals surface area contributed by atoms with E-state index >= 15 is 0 Å². The maximum absolute atomic E-state index is 13.4. The molecule has 5 rings (SSSR count). The van der Waals surface area contributed by atoms with Crippen LogP contribution < -0.4 is 4.90 Å². The molecule has 0 aromatic heterocycles. The minimum atomic E-state index is -0.646. The highest BCUT2D eigenvalue weighted by Crippen LogP contribution is 2.49. The maximum Gasteiger partial charge on any atom is 0.161 e. The van der Waals surface area contributed by atoms with Crippen molar-refractivity contribution >= 4 is 46.3 Å². The van der Waals surface area contributed by atoms with Crippen LogP contribution in [0.15, 0.2) is 95.7 Å². The van der Waals surface area contributed by atoms with Gasteiger partial charge >= 0.3 is 0 Å². The van der Waals surface area contributed by atoms with Crippen LogP contribution in [0.4, 0.5) is 5.69 Å². The van der Waals surface area contributed by atoms with Crippen molar-refractivity contribution in [1.29, 1.82) is 5.41 Å². The average molecular weight is 489 g/mol. The van der Waals surface area contributed by atoms with Crippen molar-refractivity contribution < 1.29 is 9.90 Å². The number of benzene rings is 3. The first kappa shape index (κ1) is 22.5. The summed E-state index contributed by atoms with van der Waals surface area (Å²) in [4.78, 5) is 15.2. The van der Waals surface area contributed by atoms with E-state index in [9.17, 15) is 15.3 Å². The highest BCUT2D eigenvalue weighted by atomic mass is 35.5. The number of halogens is 2. The van der Waals surface area contributed by atoms with Crippen molar-refractivity contribution in [2.24, 2.45) is 0 Å². The predicted molar refractivity (Wildman–Crippen MR) is 138 cm³/mol. The van der Waals surface area contributed by atoms with Crippen molar-refractivity contribution in [3.63, 3.8) is 0 Å². The number of aliphatic hydroxyl groups is 1. The van der Waals surface area contributed by atoms with E-state index in [-0.39, 0.29) is 17.4 Å². The Morgan fingerprint density at radius 2 is 1.59 bits per heavy atom. The Morgan fingerprint density at radius 3 is 2.29 bits per heavy atom. The minimum absolute atomic E-state index is 0.0102. The molecule has 0 saturated carbocycles. The van der Waals surface area contributed by atoms with Gasteiger partial charge in [0.15, 0.2) is 5.78 Å². The monoisotopic (exact) mass is 488 g/mol. The lowest BCUT2D eigenvalue weighted by molar-refractivity contribution is -0.116. The van der Waals surface area contributed by atoms with Gasteiger partial charge < -0.3 is 5.11 Å². The van der Waals surface area contributed by atoms with Crippen LogP contribution >= 0.6 is 23.2 Å². The first-order chi connectivity index (χ1) is 16.5. The standard InChI is InChI=1S/C28H22Cl2N2O2/c29-18-13-15-19(16-14-18)32-22-11-6-12-23(33)25(22)24(20-9-4-5-10-21(20)30)26(28(32)31)27(34)17-7-2-1-3-8-17/h1-5,7-10,13-16,24,31,34H,6,11-12H2/b27-26+,31-28?. The summed E-state index contributed by atoms with van der Waals surface area (Å²) in [6.07, 6.45) is 1.77. The lowest BCUT2D eigenvalue weighted by atomic mass is 9.73. The highest BCUT2D eigenvalue weighted by molar-refractivity contribution is 6.32. The topological polar surface area (TPSA) is 64.4 Å². The molecule has 0 amide bonds. The van der Waals surface area contributed by atoms with E-state index in [1.165, 1.54) is 0 Å². The second-order valence-electron chi connectivity index (χ2n) is 8.38. The molecule has 1 unspecified atom stereocenters. The Bertz CT molecular complexity index is 1340. The zero-order chi connectivity index (χ0) is 23.8. The SMILES string of the molecule is N=C1/C(=C(/O)c2ccccc2)C(c2ccccc2Cl)C2=C(CCCC2=O)N1c1ccc(Cl)cc1. The van der Waals surface area contributed by atoms with Crippen LogP contribution in [0.3, 0.4) is 0 Å². The Hall–Kier alpha value is -3.34. The molecule has 1 aliphatic heterocycles. The number of carbonyl (C=O) groups excluding carboxylic acids is 1. The van der Waals surface area contributed by atoms with Gasteiger partial charge in [0.2, 0.25) is 0 Å². The van der Waals surface area contributed by atoms with E-state index in [1.54, 1.807) is 35.2 Å². The summed E-state index contributed by atoms with van der Waals surface area (Å²) >= 11 is 12.8. The molecule has 4 nitrogen and oxygen atoms in total. The molecule has 3 aromatic carbocycles. The first-order valence-electron chi connectivity index (χ1n) is 11.1. The number of nitrogens with zero attached hydrogens (tertiary/aromatic N) is 1. The van der Waals surface area contributed by atoms with Crippen LogP contribution in [-0.4, -0.2) is 16.7 Å². The number of aliphatic hydroxyl groups excluding tert-OH is 1. The number of Topliss-reactive ketones (excluding diaryl/α,β-unsaturated/α-hetero) is 1. The number of allylic oxidation sites excluding steroid dienone is 2. The van der Waals surface area contributed by atoms with Crippen LogP contribution in [0, 0.1) is 5.41 Å². The fraction of sp³-hybridized carbons (Fsp3) is 0.143. The van der Waals surface area contributed by atoms with Crippen LogP contribution in [0.1, 0.15) is 36.3 Å². The molecular weight excluding hydrogens is 467 g/mol. The Balaban J connectivity index is 1.84. The smallest absolute Gasteiger partial charge is 0.161 e. The number of carbonyl (C=O) groups is 1. The molecular formula is C28H22Cl2N2O2. The van der Waals surface area contributed by atoms with Crippen molar-refractivity contribution in [2.75, 3.05) is 4.90 Å². The molecule has 170 valence electrons. The number of amidine groups is 1. The van der Waals surface area contributed by atoms with Gasteiger partial charge in [-0.2, -0.15) is 0 Å². The summed E-state index contributed by atoms with van der Waals surface area (Å²) in [5.41, 5.74) is 3.70. The van der Waals surface area contributed by atoms with Gasteiger partial charge in [-0.3, -0.25) is 15.1 Å². The van der Waals surface area contributed by atoms with Crippen molar-refractivity contribution in [2.45, 2.75) is 25.2 Å². The third-order valence-corrected chi connectivity index (χ3v) is 6.95. The van der Waals surface area contributed by atoms with Crippen molar-refractivity contribution in [3.8, 4) is 0 Å². The minimum Gasteiger partial charge on any atom is -0.507 e. The lowest BCUT2D eigenvalue weighted by Crippen LogP contribution is -2.42. The van der Waals surface area contributed by atoms with Crippen LogP contribution in [0.5, 0.6) is 0 Å². The van der Waals surface area contributed by atoms with E-state index in [0.717, 1.165) is 5.70 Å². The molecule has 0 bridgehead atoms. The van der Waals surface area contributed by atoms with Crippen LogP contribution in [0.2, 0.25) is 10.0 Å². The van der Waals surface area contributed by atoms with Gasteiger partial charge in [0, 0.05) is 50.5 Å². The largest absolute Gasteiger partial charge is 0.507 e. The average Bonchev–Trinajstić information content (AvgIpc) is 2.85. The van der Waals surface area contributed by atoms with E-state index in [2.05, 4.69) is 0 Å². The van der Waals surface area contributed by atoms with E-state index in [1.807, 2.05) is 48.5 Å². The summed E-state index contributed by atoms with van der Waals surface area (Å²) < 4.78 is 0. The first-order valence-corrected chi connectivity index (χ1v) is 11.9. The number of nitrogens with one attached hydrogen (secondary N) is 1. The molecule has 1 atom stereocenters. The molecule has 0 spiro atoms. The van der Waals surface area contributed by atoms with E-state index < -0.39 is 5.92 Å². The molecule has 1 aliphatic carbocycles. The van der Waals surface area contributed by atoms with Gasteiger partial charge in [-0.1, -0.05) is 71.7 Å². The highest BCUT2D eigenvalue weighted by Gasteiger charge is 2.43. The third-order valence-electron chi connectivity index (χ3n) is 6.36. The van der Waals surface area contributed by atoms with Gasteiger partial charge in [0.25, 0.3) is 0 Å². The second-order valence-corrected chi connectivity index (χ2v) is 9.22. The van der Waals surface area contributed by atoms with Gasteiger partial charge in [-0.25, -0.2) is 0 Å². The Kier molecular flexibility index (Phi) is 6.03. The number of anilines is 1. The van der Waals surface area contributed by atoms with Gasteiger partial charge in [0.05, 0.1) is 0 Å².